The second-order valence-electron chi connectivity index (χ2n) is 8.14. The zero-order valence-electron chi connectivity index (χ0n) is 17.6. The van der Waals surface area contributed by atoms with Crippen LogP contribution in [-0.4, -0.2) is 39.9 Å². The van der Waals surface area contributed by atoms with Gasteiger partial charge in [0.2, 0.25) is 0 Å². The van der Waals surface area contributed by atoms with E-state index in [1.54, 1.807) is 24.4 Å². The minimum atomic E-state index is -0.166. The number of aromatic amines is 1. The molecule has 0 aliphatic carbocycles. The first-order valence-electron chi connectivity index (χ1n) is 10.5. The highest BCUT2D eigenvalue weighted by Crippen LogP contribution is 2.23. The van der Waals surface area contributed by atoms with Crippen LogP contribution in [0.2, 0.25) is 0 Å². The number of ether oxygens (including phenoxy) is 1. The van der Waals surface area contributed by atoms with Crippen molar-refractivity contribution in [2.24, 2.45) is 0 Å². The van der Waals surface area contributed by atoms with Crippen molar-refractivity contribution in [3.63, 3.8) is 0 Å². The second-order valence-corrected chi connectivity index (χ2v) is 8.14. The van der Waals surface area contributed by atoms with Crippen LogP contribution in [0.5, 0.6) is 0 Å². The number of nitrogens with one attached hydrogen (secondary N) is 2. The third-order valence-electron chi connectivity index (χ3n) is 6.05. The van der Waals surface area contributed by atoms with Gasteiger partial charge in [-0.3, -0.25) is 19.7 Å². The number of carbonyl (C=O) groups excluding carboxylic acids is 1. The molecule has 7 heteroatoms. The number of hydrogen-bond donors (Lipinski definition) is 2. The van der Waals surface area contributed by atoms with Crippen molar-refractivity contribution in [1.29, 1.82) is 0 Å². The molecule has 0 unspecified atom stereocenters. The zero-order valence-corrected chi connectivity index (χ0v) is 17.6. The van der Waals surface area contributed by atoms with Gasteiger partial charge in [-0.05, 0) is 68.1 Å². The molecular weight excluding hydrogens is 392 g/mol. The summed E-state index contributed by atoms with van der Waals surface area (Å²) in [6, 6.07) is 11.2. The Kier molecular flexibility index (Phi) is 4.82. The molecule has 7 nitrogen and oxygen atoms in total. The Morgan fingerprint density at radius 2 is 2.06 bits per heavy atom. The van der Waals surface area contributed by atoms with Gasteiger partial charge in [0.15, 0.2) is 0 Å². The lowest BCUT2D eigenvalue weighted by molar-refractivity contribution is 0.0858. The topological polar surface area (TPSA) is 89.0 Å². The van der Waals surface area contributed by atoms with Crippen LogP contribution in [0.1, 0.15) is 34.3 Å². The van der Waals surface area contributed by atoms with Gasteiger partial charge in [-0.2, -0.15) is 0 Å². The molecule has 4 aromatic rings. The molecule has 1 atom stereocenters. The van der Waals surface area contributed by atoms with E-state index < -0.39 is 0 Å². The lowest BCUT2D eigenvalue weighted by Gasteiger charge is -2.11. The van der Waals surface area contributed by atoms with Crippen molar-refractivity contribution < 1.29 is 9.53 Å². The van der Waals surface area contributed by atoms with Crippen molar-refractivity contribution in [3.8, 4) is 5.69 Å². The van der Waals surface area contributed by atoms with Crippen molar-refractivity contribution in [2.45, 2.75) is 32.8 Å². The number of benzene rings is 2. The Morgan fingerprint density at radius 1 is 1.19 bits per heavy atom. The normalized spacial score (nSPS) is 16.3. The van der Waals surface area contributed by atoms with Gasteiger partial charge in [-0.15, -0.1) is 0 Å². The molecule has 0 radical (unpaired) electrons. The largest absolute Gasteiger partial charge is 0.376 e. The Balaban J connectivity index is 1.55. The maximum atomic E-state index is 13.0. The SMILES string of the molecule is Cc1ccc(-n2[nH]c3c(cnc4ccc(C(=O)NC[C@@H]5CCCO5)cc43)c2=O)cc1C. The van der Waals surface area contributed by atoms with E-state index >= 15 is 0 Å². The molecule has 1 amide bonds. The number of fused-ring (bicyclic) bond motifs is 3. The molecule has 1 fully saturated rings. The summed E-state index contributed by atoms with van der Waals surface area (Å²) >= 11 is 0. The zero-order chi connectivity index (χ0) is 21.5. The molecule has 1 aliphatic rings. The molecule has 2 N–H and O–H groups in total. The fourth-order valence-corrected chi connectivity index (χ4v) is 4.06. The third kappa shape index (κ3) is 3.51. The van der Waals surface area contributed by atoms with Gasteiger partial charge in [0.1, 0.15) is 0 Å². The van der Waals surface area contributed by atoms with Crippen LogP contribution < -0.4 is 10.9 Å². The van der Waals surface area contributed by atoms with Crippen LogP contribution in [0.3, 0.4) is 0 Å². The molecule has 158 valence electrons. The number of amides is 1. The lowest BCUT2D eigenvalue weighted by Crippen LogP contribution is -2.31. The monoisotopic (exact) mass is 416 g/mol. The van der Waals surface area contributed by atoms with Crippen molar-refractivity contribution in [1.82, 2.24) is 20.1 Å². The van der Waals surface area contributed by atoms with Gasteiger partial charge in [0.05, 0.1) is 28.2 Å². The standard InChI is InChI=1S/C24H24N4O3/c1-14-5-7-17(10-15(14)2)28-24(30)20-13-25-21-8-6-16(11-19(21)22(20)27-28)23(29)26-12-18-4-3-9-31-18/h5-8,10-11,13,18,27H,3-4,9,12H2,1-2H3,(H,26,29)/t18-/m0/s1. The number of carbonyl (C=O) groups is 1. The maximum Gasteiger partial charge on any atom is 0.280 e. The summed E-state index contributed by atoms with van der Waals surface area (Å²) in [4.78, 5) is 30.1. The molecule has 0 bridgehead atoms. The maximum absolute atomic E-state index is 13.0. The molecule has 5 rings (SSSR count). The van der Waals surface area contributed by atoms with Gasteiger partial charge in [0.25, 0.3) is 11.5 Å². The van der Waals surface area contributed by atoms with Crippen molar-refractivity contribution >= 4 is 27.7 Å². The number of H-pyrrole nitrogens is 1. The molecule has 0 saturated carbocycles. The molecular formula is C24H24N4O3. The summed E-state index contributed by atoms with van der Waals surface area (Å²) in [6.45, 7) is 5.31. The summed E-state index contributed by atoms with van der Waals surface area (Å²) < 4.78 is 7.10. The summed E-state index contributed by atoms with van der Waals surface area (Å²) in [7, 11) is 0. The molecule has 2 aromatic heterocycles. The van der Waals surface area contributed by atoms with Gasteiger partial charge >= 0.3 is 0 Å². The number of nitrogens with zero attached hydrogens (tertiary/aromatic N) is 2. The Morgan fingerprint density at radius 3 is 2.84 bits per heavy atom. The average molecular weight is 416 g/mol. The van der Waals surface area contributed by atoms with E-state index in [0.717, 1.165) is 41.6 Å². The number of hydrogen-bond acceptors (Lipinski definition) is 4. The Bertz CT molecular complexity index is 1360. The van der Waals surface area contributed by atoms with Crippen LogP contribution >= 0.6 is 0 Å². The highest BCUT2D eigenvalue weighted by molar-refractivity contribution is 6.06. The molecule has 1 aliphatic heterocycles. The van der Waals surface area contributed by atoms with Gasteiger partial charge in [0, 0.05) is 30.3 Å². The highest BCUT2D eigenvalue weighted by atomic mass is 16.5. The van der Waals surface area contributed by atoms with Crippen molar-refractivity contribution in [3.05, 3.63) is 69.6 Å². The summed E-state index contributed by atoms with van der Waals surface area (Å²) in [5, 5.41) is 7.40. The molecule has 0 spiro atoms. The first kappa shape index (κ1) is 19.5. The van der Waals surface area contributed by atoms with Gasteiger partial charge in [-0.1, -0.05) is 6.07 Å². The predicted molar refractivity (Wildman–Crippen MR) is 120 cm³/mol. The van der Waals surface area contributed by atoms with Crippen LogP contribution in [0.25, 0.3) is 27.5 Å². The first-order valence-corrected chi connectivity index (χ1v) is 10.5. The Labute approximate surface area is 179 Å². The average Bonchev–Trinajstić information content (AvgIpc) is 3.42. The van der Waals surface area contributed by atoms with Crippen LogP contribution in [-0.2, 0) is 4.74 Å². The van der Waals surface area contributed by atoms with E-state index in [1.807, 2.05) is 32.0 Å². The molecule has 3 heterocycles. The lowest BCUT2D eigenvalue weighted by atomic mass is 10.1. The van der Waals surface area contributed by atoms with E-state index in [9.17, 15) is 9.59 Å². The van der Waals surface area contributed by atoms with Gasteiger partial charge < -0.3 is 10.1 Å². The van der Waals surface area contributed by atoms with Crippen molar-refractivity contribution in [2.75, 3.05) is 13.2 Å². The predicted octanol–water partition coefficient (Wildman–Crippen LogP) is 3.39. The van der Waals surface area contributed by atoms with Gasteiger partial charge in [-0.25, -0.2) is 4.68 Å². The first-order chi connectivity index (χ1) is 15.0. The third-order valence-corrected chi connectivity index (χ3v) is 6.05. The molecule has 31 heavy (non-hydrogen) atoms. The molecule has 2 aromatic carbocycles. The van der Waals surface area contributed by atoms with E-state index in [4.69, 9.17) is 4.74 Å². The summed E-state index contributed by atoms with van der Waals surface area (Å²) in [5.41, 5.74) is 4.79. The number of aryl methyl sites for hydroxylation is 2. The van der Waals surface area contributed by atoms with Crippen LogP contribution in [0, 0.1) is 13.8 Å². The van der Waals surface area contributed by atoms with Crippen LogP contribution in [0.4, 0.5) is 0 Å². The van der Waals surface area contributed by atoms with E-state index in [0.29, 0.717) is 23.0 Å². The minimum Gasteiger partial charge on any atom is -0.376 e. The van der Waals surface area contributed by atoms with Crippen LogP contribution in [0.15, 0.2) is 47.4 Å². The quantitative estimate of drug-likeness (QED) is 0.534. The smallest absolute Gasteiger partial charge is 0.280 e. The summed E-state index contributed by atoms with van der Waals surface area (Å²) in [6.07, 6.45) is 3.67. The van der Waals surface area contributed by atoms with E-state index in [2.05, 4.69) is 15.4 Å². The minimum absolute atomic E-state index is 0.0844. The van der Waals surface area contributed by atoms with E-state index in [-0.39, 0.29) is 17.6 Å². The van der Waals surface area contributed by atoms with E-state index in [1.165, 1.54) is 10.2 Å². The number of pyridine rings is 1. The second kappa shape index (κ2) is 7.67. The fraction of sp³-hybridized carbons (Fsp3) is 0.292. The Hall–Kier alpha value is -3.45. The summed E-state index contributed by atoms with van der Waals surface area (Å²) in [5.74, 6) is -0.162. The number of rotatable bonds is 4. The fourth-order valence-electron chi connectivity index (χ4n) is 4.06. The molecule has 1 saturated heterocycles. The number of aromatic nitrogens is 3. The highest BCUT2D eigenvalue weighted by Gasteiger charge is 2.18.